The van der Waals surface area contributed by atoms with Gasteiger partial charge in [0, 0.05) is 32.2 Å². The summed E-state index contributed by atoms with van der Waals surface area (Å²) in [5, 5.41) is 0. The van der Waals surface area contributed by atoms with Crippen molar-refractivity contribution in [2.45, 2.75) is 12.5 Å². The third kappa shape index (κ3) is 2.51. The summed E-state index contributed by atoms with van der Waals surface area (Å²) in [6, 6.07) is 0.555. The number of hydrogen-bond acceptors (Lipinski definition) is 7. The molecule has 0 aliphatic carbocycles. The first-order valence-electron chi connectivity index (χ1n) is 7.01. The number of nitrogens with two attached hydrogens (primary N) is 1. The van der Waals surface area contributed by atoms with Gasteiger partial charge in [-0.1, -0.05) is 0 Å². The molecule has 1 aromatic rings. The zero-order chi connectivity index (χ0) is 13.9. The predicted molar refractivity (Wildman–Crippen MR) is 76.0 cm³/mol. The molecule has 7 nitrogen and oxygen atoms in total. The Morgan fingerprint density at radius 2 is 2.10 bits per heavy atom. The zero-order valence-electron chi connectivity index (χ0n) is 11.8. The van der Waals surface area contributed by atoms with E-state index in [0.717, 1.165) is 51.6 Å². The molecule has 2 aliphatic heterocycles. The maximum absolute atomic E-state index is 5.85. The Morgan fingerprint density at radius 1 is 1.30 bits per heavy atom. The number of methoxy groups -OCH3 is 1. The molecule has 2 aliphatic rings. The van der Waals surface area contributed by atoms with Crippen molar-refractivity contribution in [2.24, 2.45) is 0 Å². The van der Waals surface area contributed by atoms with E-state index in [-0.39, 0.29) is 0 Å². The number of anilines is 2. The van der Waals surface area contributed by atoms with Crippen molar-refractivity contribution in [1.82, 2.24) is 14.9 Å². The normalized spacial score (nSPS) is 24.1. The number of nitrogens with zero attached hydrogens (tertiary/aromatic N) is 4. The van der Waals surface area contributed by atoms with Crippen LogP contribution in [0, 0.1) is 0 Å². The lowest BCUT2D eigenvalue weighted by Crippen LogP contribution is -2.44. The van der Waals surface area contributed by atoms with Crippen molar-refractivity contribution >= 4 is 11.6 Å². The topological polar surface area (TPSA) is 76.7 Å². The molecule has 0 bridgehead atoms. The summed E-state index contributed by atoms with van der Waals surface area (Å²) >= 11 is 0. The molecule has 0 aromatic carbocycles. The maximum atomic E-state index is 5.85. The average Bonchev–Trinajstić information content (AvgIpc) is 2.97. The van der Waals surface area contributed by atoms with E-state index in [4.69, 9.17) is 15.2 Å². The second-order valence-electron chi connectivity index (χ2n) is 5.15. The van der Waals surface area contributed by atoms with Crippen LogP contribution in [-0.2, 0) is 4.74 Å². The van der Waals surface area contributed by atoms with E-state index in [0.29, 0.717) is 17.6 Å². The van der Waals surface area contributed by atoms with Crippen molar-refractivity contribution in [1.29, 1.82) is 0 Å². The van der Waals surface area contributed by atoms with Crippen LogP contribution < -0.4 is 15.4 Å². The molecule has 2 fully saturated rings. The lowest BCUT2D eigenvalue weighted by atomic mass is 10.2. The molecule has 0 radical (unpaired) electrons. The fourth-order valence-electron chi connectivity index (χ4n) is 2.97. The second-order valence-corrected chi connectivity index (χ2v) is 5.15. The average molecular weight is 279 g/mol. The fraction of sp³-hybridized carbons (Fsp3) is 0.692. The monoisotopic (exact) mass is 279 g/mol. The minimum Gasteiger partial charge on any atom is -0.490 e. The van der Waals surface area contributed by atoms with Crippen LogP contribution in [-0.4, -0.2) is 67.4 Å². The predicted octanol–water partition coefficient (Wildman–Crippen LogP) is -0.0217. The largest absolute Gasteiger partial charge is 0.490 e. The molecule has 20 heavy (non-hydrogen) atoms. The van der Waals surface area contributed by atoms with Crippen LogP contribution in [0.3, 0.4) is 0 Å². The van der Waals surface area contributed by atoms with Crippen LogP contribution in [0.2, 0.25) is 0 Å². The minimum atomic E-state index is 0.396. The van der Waals surface area contributed by atoms with Gasteiger partial charge in [0.25, 0.3) is 0 Å². The first-order valence-corrected chi connectivity index (χ1v) is 7.01. The molecule has 0 amide bonds. The van der Waals surface area contributed by atoms with Gasteiger partial charge in [-0.25, -0.2) is 9.97 Å². The van der Waals surface area contributed by atoms with Gasteiger partial charge in [0.2, 0.25) is 5.75 Å². The second kappa shape index (κ2) is 5.80. The Morgan fingerprint density at radius 3 is 2.85 bits per heavy atom. The van der Waals surface area contributed by atoms with Crippen molar-refractivity contribution < 1.29 is 9.47 Å². The highest BCUT2D eigenvalue weighted by atomic mass is 16.5. The van der Waals surface area contributed by atoms with Crippen molar-refractivity contribution in [3.8, 4) is 5.75 Å². The highest BCUT2D eigenvalue weighted by Gasteiger charge is 2.31. The molecule has 0 spiro atoms. The van der Waals surface area contributed by atoms with Gasteiger partial charge in [-0.2, -0.15) is 0 Å². The van der Waals surface area contributed by atoms with Crippen LogP contribution in [0.5, 0.6) is 5.75 Å². The van der Waals surface area contributed by atoms with Crippen molar-refractivity contribution in [2.75, 3.05) is 57.1 Å². The summed E-state index contributed by atoms with van der Waals surface area (Å²) in [5.41, 5.74) is 5.85. The Bertz CT molecular complexity index is 464. The van der Waals surface area contributed by atoms with Gasteiger partial charge >= 0.3 is 0 Å². The molecule has 1 aromatic heterocycles. The van der Waals surface area contributed by atoms with E-state index >= 15 is 0 Å². The summed E-state index contributed by atoms with van der Waals surface area (Å²) in [6.45, 7) is 5.62. The van der Waals surface area contributed by atoms with E-state index in [9.17, 15) is 0 Å². The molecular weight excluding hydrogens is 258 g/mol. The van der Waals surface area contributed by atoms with Gasteiger partial charge in [0.05, 0.1) is 20.3 Å². The van der Waals surface area contributed by atoms with Crippen LogP contribution in [0.15, 0.2) is 6.33 Å². The number of ether oxygens (including phenoxy) is 2. The van der Waals surface area contributed by atoms with Gasteiger partial charge < -0.3 is 20.1 Å². The highest BCUT2D eigenvalue weighted by molar-refractivity contribution is 5.63. The molecule has 110 valence electrons. The maximum Gasteiger partial charge on any atom is 0.204 e. The van der Waals surface area contributed by atoms with E-state index in [1.807, 2.05) is 0 Å². The van der Waals surface area contributed by atoms with Crippen LogP contribution >= 0.6 is 0 Å². The quantitative estimate of drug-likeness (QED) is 0.833. The van der Waals surface area contributed by atoms with Crippen LogP contribution in [0.25, 0.3) is 0 Å². The van der Waals surface area contributed by atoms with E-state index in [1.165, 1.54) is 6.33 Å². The van der Waals surface area contributed by atoms with Gasteiger partial charge in [-0.05, 0) is 6.42 Å². The van der Waals surface area contributed by atoms with E-state index in [2.05, 4.69) is 19.8 Å². The summed E-state index contributed by atoms with van der Waals surface area (Å²) in [4.78, 5) is 13.1. The van der Waals surface area contributed by atoms with Gasteiger partial charge in [-0.15, -0.1) is 0 Å². The third-order valence-corrected chi connectivity index (χ3v) is 4.04. The van der Waals surface area contributed by atoms with E-state index in [1.54, 1.807) is 7.11 Å². The lowest BCUT2D eigenvalue weighted by molar-refractivity contribution is 0.0209. The standard InChI is InChI=1S/C13H21N5O2/c1-19-11-12(14)15-9-16-13(11)18-3-2-10(8-18)17-4-6-20-7-5-17/h9-10H,2-8H2,1H3,(H2,14,15,16). The molecule has 0 saturated carbocycles. The number of morpholine rings is 1. The molecule has 1 atom stereocenters. The lowest BCUT2D eigenvalue weighted by Gasteiger charge is -2.32. The molecular formula is C13H21N5O2. The van der Waals surface area contributed by atoms with Crippen LogP contribution in [0.4, 0.5) is 11.6 Å². The zero-order valence-corrected chi connectivity index (χ0v) is 11.8. The summed E-state index contributed by atoms with van der Waals surface area (Å²) in [7, 11) is 1.61. The molecule has 2 saturated heterocycles. The molecule has 7 heteroatoms. The molecule has 3 rings (SSSR count). The smallest absolute Gasteiger partial charge is 0.204 e. The Hall–Kier alpha value is -1.60. The van der Waals surface area contributed by atoms with Gasteiger partial charge in [0.1, 0.15) is 6.33 Å². The molecule has 2 N–H and O–H groups in total. The Labute approximate surface area is 118 Å². The van der Waals surface area contributed by atoms with E-state index < -0.39 is 0 Å². The number of rotatable bonds is 3. The molecule has 3 heterocycles. The number of nitrogen functional groups attached to an aromatic ring is 1. The Kier molecular flexibility index (Phi) is 3.88. The third-order valence-electron chi connectivity index (χ3n) is 4.04. The van der Waals surface area contributed by atoms with Gasteiger partial charge in [0.15, 0.2) is 11.6 Å². The van der Waals surface area contributed by atoms with Crippen LogP contribution in [0.1, 0.15) is 6.42 Å². The summed E-state index contributed by atoms with van der Waals surface area (Å²) < 4.78 is 10.8. The fourth-order valence-corrected chi connectivity index (χ4v) is 2.97. The highest BCUT2D eigenvalue weighted by Crippen LogP contribution is 2.32. The molecule has 1 unspecified atom stereocenters. The summed E-state index contributed by atoms with van der Waals surface area (Å²) in [6.07, 6.45) is 2.63. The number of aromatic nitrogens is 2. The van der Waals surface area contributed by atoms with Crippen molar-refractivity contribution in [3.05, 3.63) is 6.33 Å². The van der Waals surface area contributed by atoms with Gasteiger partial charge in [-0.3, -0.25) is 4.90 Å². The first kappa shape index (κ1) is 13.4. The first-order chi connectivity index (χ1) is 9.79. The summed E-state index contributed by atoms with van der Waals surface area (Å²) in [5.74, 6) is 1.78. The minimum absolute atomic E-state index is 0.396. The number of hydrogen-bond donors (Lipinski definition) is 1. The van der Waals surface area contributed by atoms with Crippen molar-refractivity contribution in [3.63, 3.8) is 0 Å². The Balaban J connectivity index is 1.72. The SMILES string of the molecule is COc1c(N)ncnc1N1CCC(N2CCOCC2)C1.